The maximum Gasteiger partial charge on any atom is 0.256 e. The maximum absolute atomic E-state index is 12.5. The zero-order chi connectivity index (χ0) is 14.1. The predicted octanol–water partition coefficient (Wildman–Crippen LogP) is 3.77. The van der Waals surface area contributed by atoms with Crippen molar-refractivity contribution in [2.45, 2.75) is 32.6 Å². The Kier molecular flexibility index (Phi) is 3.49. The molecule has 1 amide bonds. The number of amides is 1. The largest absolute Gasteiger partial charge is 0.399 e. The van der Waals surface area contributed by atoms with Crippen LogP contribution >= 0.6 is 11.3 Å². The molecular weight excluding hydrogens is 268 g/mol. The number of fused-ring (bicyclic) bond motifs is 1. The van der Waals surface area contributed by atoms with E-state index in [1.54, 1.807) is 11.3 Å². The van der Waals surface area contributed by atoms with Crippen LogP contribution in [0.25, 0.3) is 0 Å². The number of benzene rings is 1. The van der Waals surface area contributed by atoms with Crippen LogP contribution in [0.3, 0.4) is 0 Å². The molecule has 3 rings (SSSR count). The second-order valence-electron chi connectivity index (χ2n) is 5.29. The van der Waals surface area contributed by atoms with Crippen molar-refractivity contribution < 1.29 is 4.79 Å². The number of rotatable bonds is 2. The van der Waals surface area contributed by atoms with Crippen molar-refractivity contribution in [3.05, 3.63) is 45.1 Å². The first-order valence-electron chi connectivity index (χ1n) is 6.92. The van der Waals surface area contributed by atoms with E-state index in [0.29, 0.717) is 5.69 Å². The Labute approximate surface area is 122 Å². The molecule has 1 aliphatic rings. The summed E-state index contributed by atoms with van der Waals surface area (Å²) < 4.78 is 0. The lowest BCUT2D eigenvalue weighted by molar-refractivity contribution is 0.102. The molecule has 104 valence electrons. The molecule has 1 heterocycles. The van der Waals surface area contributed by atoms with E-state index >= 15 is 0 Å². The van der Waals surface area contributed by atoms with Crippen LogP contribution in [0.2, 0.25) is 0 Å². The number of carbonyl (C=O) groups is 1. The molecule has 1 aliphatic carbocycles. The summed E-state index contributed by atoms with van der Waals surface area (Å²) in [5.74, 6) is -0.0156. The fraction of sp³-hybridized carbons (Fsp3) is 0.312. The average Bonchev–Trinajstić information content (AvgIpc) is 2.87. The molecule has 0 radical (unpaired) electrons. The van der Waals surface area contributed by atoms with E-state index in [1.165, 1.54) is 23.3 Å². The lowest BCUT2D eigenvalue weighted by atomic mass is 9.95. The van der Waals surface area contributed by atoms with Crippen molar-refractivity contribution in [2.24, 2.45) is 0 Å². The maximum atomic E-state index is 12.5. The van der Waals surface area contributed by atoms with Gasteiger partial charge in [-0.1, -0.05) is 6.07 Å². The molecule has 0 bridgehead atoms. The van der Waals surface area contributed by atoms with Crippen LogP contribution < -0.4 is 11.1 Å². The Morgan fingerprint density at radius 3 is 2.95 bits per heavy atom. The highest BCUT2D eigenvalue weighted by molar-refractivity contribution is 7.10. The standard InChI is InChI=1S/C16H18N2OS/c1-10-6-7-11(17)8-14(10)18-16(19)13-9-20-15-5-3-2-4-12(13)15/h6-9H,2-5,17H2,1H3,(H,18,19). The number of nitrogens with two attached hydrogens (primary N) is 1. The topological polar surface area (TPSA) is 55.1 Å². The van der Waals surface area contributed by atoms with Gasteiger partial charge in [0.05, 0.1) is 5.56 Å². The van der Waals surface area contributed by atoms with Gasteiger partial charge in [0.15, 0.2) is 0 Å². The van der Waals surface area contributed by atoms with E-state index in [1.807, 2.05) is 30.5 Å². The highest BCUT2D eigenvalue weighted by Gasteiger charge is 2.20. The number of aryl methyl sites for hydroxylation is 2. The monoisotopic (exact) mass is 286 g/mol. The molecule has 20 heavy (non-hydrogen) atoms. The summed E-state index contributed by atoms with van der Waals surface area (Å²) in [7, 11) is 0. The first-order chi connectivity index (χ1) is 9.65. The van der Waals surface area contributed by atoms with E-state index in [0.717, 1.165) is 29.7 Å². The van der Waals surface area contributed by atoms with Crippen LogP contribution in [0.1, 0.15) is 39.2 Å². The van der Waals surface area contributed by atoms with Gasteiger partial charge in [-0.05, 0) is 55.9 Å². The minimum absolute atomic E-state index is 0.0156. The van der Waals surface area contributed by atoms with Gasteiger partial charge in [0, 0.05) is 21.6 Å². The smallest absolute Gasteiger partial charge is 0.256 e. The van der Waals surface area contributed by atoms with Gasteiger partial charge in [0.25, 0.3) is 5.91 Å². The molecule has 0 aliphatic heterocycles. The number of nitrogen functional groups attached to an aromatic ring is 1. The normalized spacial score (nSPS) is 13.8. The predicted molar refractivity (Wildman–Crippen MR) is 84.5 cm³/mol. The summed E-state index contributed by atoms with van der Waals surface area (Å²) in [5, 5.41) is 4.98. The molecule has 3 N–H and O–H groups in total. The number of carbonyl (C=O) groups excluding carboxylic acids is 1. The molecule has 3 nitrogen and oxygen atoms in total. The van der Waals surface area contributed by atoms with Crippen LogP contribution in [0.4, 0.5) is 11.4 Å². The van der Waals surface area contributed by atoms with Crippen molar-refractivity contribution in [3.8, 4) is 0 Å². The quantitative estimate of drug-likeness (QED) is 0.826. The Bertz CT molecular complexity index is 660. The molecule has 0 fully saturated rings. The minimum atomic E-state index is -0.0156. The summed E-state index contributed by atoms with van der Waals surface area (Å²) >= 11 is 1.71. The fourth-order valence-corrected chi connectivity index (χ4v) is 3.77. The molecule has 0 unspecified atom stereocenters. The second kappa shape index (κ2) is 5.29. The number of anilines is 2. The van der Waals surface area contributed by atoms with E-state index < -0.39 is 0 Å². The molecule has 4 heteroatoms. The second-order valence-corrected chi connectivity index (χ2v) is 6.25. The zero-order valence-electron chi connectivity index (χ0n) is 11.5. The van der Waals surface area contributed by atoms with Crippen LogP contribution in [-0.4, -0.2) is 5.91 Å². The molecule has 0 saturated heterocycles. The van der Waals surface area contributed by atoms with Crippen LogP contribution in [0, 0.1) is 6.92 Å². The van der Waals surface area contributed by atoms with Gasteiger partial charge in [-0.3, -0.25) is 4.79 Å². The third-order valence-electron chi connectivity index (χ3n) is 3.82. The Balaban J connectivity index is 1.86. The zero-order valence-corrected chi connectivity index (χ0v) is 12.3. The van der Waals surface area contributed by atoms with Gasteiger partial charge in [-0.2, -0.15) is 0 Å². The Hall–Kier alpha value is -1.81. The molecule has 0 spiro atoms. The molecule has 1 aromatic heterocycles. The highest BCUT2D eigenvalue weighted by Crippen LogP contribution is 2.31. The molecule has 0 saturated carbocycles. The van der Waals surface area contributed by atoms with E-state index in [4.69, 9.17) is 5.73 Å². The Morgan fingerprint density at radius 2 is 2.10 bits per heavy atom. The van der Waals surface area contributed by atoms with Gasteiger partial charge in [-0.25, -0.2) is 0 Å². The van der Waals surface area contributed by atoms with Crippen molar-refractivity contribution in [3.63, 3.8) is 0 Å². The summed E-state index contributed by atoms with van der Waals surface area (Å²) in [5.41, 5.74) is 10.4. The SMILES string of the molecule is Cc1ccc(N)cc1NC(=O)c1csc2c1CCCC2. The number of nitrogens with one attached hydrogen (secondary N) is 1. The average molecular weight is 286 g/mol. The van der Waals surface area contributed by atoms with E-state index in [2.05, 4.69) is 5.32 Å². The fourth-order valence-electron chi connectivity index (χ4n) is 2.65. The van der Waals surface area contributed by atoms with Crippen LogP contribution in [0.5, 0.6) is 0 Å². The molecule has 2 aromatic rings. The van der Waals surface area contributed by atoms with Crippen LogP contribution in [0.15, 0.2) is 23.6 Å². The minimum Gasteiger partial charge on any atom is -0.399 e. The first kappa shape index (κ1) is 13.2. The Morgan fingerprint density at radius 1 is 1.30 bits per heavy atom. The van der Waals surface area contributed by atoms with Gasteiger partial charge in [-0.15, -0.1) is 11.3 Å². The lowest BCUT2D eigenvalue weighted by Gasteiger charge is -2.13. The first-order valence-corrected chi connectivity index (χ1v) is 7.80. The van der Waals surface area contributed by atoms with Crippen molar-refractivity contribution >= 4 is 28.6 Å². The van der Waals surface area contributed by atoms with Crippen molar-refractivity contribution in [1.29, 1.82) is 0 Å². The summed E-state index contributed by atoms with van der Waals surface area (Å²) in [4.78, 5) is 13.8. The van der Waals surface area contributed by atoms with E-state index in [9.17, 15) is 4.79 Å². The molecular formula is C16H18N2OS. The van der Waals surface area contributed by atoms with Gasteiger partial charge in [0.2, 0.25) is 0 Å². The number of hydrogen-bond acceptors (Lipinski definition) is 3. The summed E-state index contributed by atoms with van der Waals surface area (Å²) in [6, 6.07) is 5.58. The third kappa shape index (κ3) is 2.43. The van der Waals surface area contributed by atoms with E-state index in [-0.39, 0.29) is 5.91 Å². The van der Waals surface area contributed by atoms with Crippen LogP contribution in [-0.2, 0) is 12.8 Å². The third-order valence-corrected chi connectivity index (χ3v) is 4.90. The van der Waals surface area contributed by atoms with Gasteiger partial charge < -0.3 is 11.1 Å². The lowest BCUT2D eigenvalue weighted by Crippen LogP contribution is -2.15. The highest BCUT2D eigenvalue weighted by atomic mass is 32.1. The van der Waals surface area contributed by atoms with Gasteiger partial charge in [0.1, 0.15) is 0 Å². The van der Waals surface area contributed by atoms with Gasteiger partial charge >= 0.3 is 0 Å². The number of hydrogen-bond donors (Lipinski definition) is 2. The molecule has 1 aromatic carbocycles. The van der Waals surface area contributed by atoms with Crippen molar-refractivity contribution in [1.82, 2.24) is 0 Å². The van der Waals surface area contributed by atoms with Crippen molar-refractivity contribution in [2.75, 3.05) is 11.1 Å². The summed E-state index contributed by atoms with van der Waals surface area (Å²) in [6.45, 7) is 1.97. The molecule has 0 atom stereocenters. The number of thiophene rings is 1. The summed E-state index contributed by atoms with van der Waals surface area (Å²) in [6.07, 6.45) is 4.56.